The molecule has 2 heteroatoms. The van der Waals surface area contributed by atoms with Crippen molar-refractivity contribution in [2.75, 3.05) is 0 Å². The molecule has 1 aromatic carbocycles. The van der Waals surface area contributed by atoms with Crippen molar-refractivity contribution in [3.63, 3.8) is 0 Å². The van der Waals surface area contributed by atoms with Crippen molar-refractivity contribution in [2.45, 2.75) is 39.8 Å². The lowest BCUT2D eigenvalue weighted by Crippen LogP contribution is -2.22. The molecule has 1 heterocycles. The van der Waals surface area contributed by atoms with Gasteiger partial charge in [-0.3, -0.25) is 0 Å². The Morgan fingerprint density at radius 2 is 1.56 bits per heavy atom. The topological polar surface area (TPSA) is 25.2 Å². The summed E-state index contributed by atoms with van der Waals surface area (Å²) < 4.78 is 5.64. The van der Waals surface area contributed by atoms with E-state index in [2.05, 4.69) is 50.4 Å². The van der Waals surface area contributed by atoms with Gasteiger partial charge in [-0.25, -0.2) is 0 Å². The van der Waals surface area contributed by atoms with Crippen LogP contribution in [-0.4, -0.2) is 0 Å². The molecule has 2 nitrogen and oxygen atoms in total. The first-order valence-corrected chi connectivity index (χ1v) is 6.45. The second kappa shape index (κ2) is 5.40. The number of furan rings is 1. The summed E-state index contributed by atoms with van der Waals surface area (Å²) >= 11 is 0. The SMILES string of the molecule is Cc1ccc([C@@H](C)NC(C)c2ccc(C)o2)cc1. The van der Waals surface area contributed by atoms with Crippen molar-refractivity contribution >= 4 is 0 Å². The molecule has 0 aliphatic carbocycles. The minimum absolute atomic E-state index is 0.218. The summed E-state index contributed by atoms with van der Waals surface area (Å²) in [5, 5.41) is 3.55. The molecule has 96 valence electrons. The van der Waals surface area contributed by atoms with Gasteiger partial charge in [0.05, 0.1) is 6.04 Å². The number of aryl methyl sites for hydroxylation is 2. The Hall–Kier alpha value is -1.54. The number of rotatable bonds is 4. The maximum Gasteiger partial charge on any atom is 0.120 e. The van der Waals surface area contributed by atoms with Gasteiger partial charge in [-0.15, -0.1) is 0 Å². The predicted octanol–water partition coefficient (Wildman–Crippen LogP) is 4.31. The molecule has 2 aromatic rings. The molecule has 2 atom stereocenters. The molecule has 0 radical (unpaired) electrons. The van der Waals surface area contributed by atoms with Gasteiger partial charge in [-0.1, -0.05) is 29.8 Å². The van der Waals surface area contributed by atoms with E-state index in [0.29, 0.717) is 6.04 Å². The van der Waals surface area contributed by atoms with Crippen LogP contribution in [0.1, 0.15) is 48.6 Å². The van der Waals surface area contributed by atoms with Crippen molar-refractivity contribution in [1.82, 2.24) is 5.32 Å². The second-order valence-corrected chi connectivity index (χ2v) is 4.97. The summed E-state index contributed by atoms with van der Waals surface area (Å²) in [6, 6.07) is 13.2. The molecule has 1 unspecified atom stereocenters. The summed E-state index contributed by atoms with van der Waals surface area (Å²) in [6.07, 6.45) is 0. The van der Waals surface area contributed by atoms with Gasteiger partial charge in [0.25, 0.3) is 0 Å². The summed E-state index contributed by atoms with van der Waals surface area (Å²) in [5.74, 6) is 1.95. The highest BCUT2D eigenvalue weighted by Crippen LogP contribution is 2.21. The Kier molecular flexibility index (Phi) is 3.87. The van der Waals surface area contributed by atoms with Crippen LogP contribution < -0.4 is 5.32 Å². The Labute approximate surface area is 109 Å². The lowest BCUT2D eigenvalue weighted by molar-refractivity contribution is 0.392. The third kappa shape index (κ3) is 3.02. The number of hydrogen-bond donors (Lipinski definition) is 1. The van der Waals surface area contributed by atoms with Gasteiger partial charge >= 0.3 is 0 Å². The Morgan fingerprint density at radius 3 is 2.11 bits per heavy atom. The Morgan fingerprint density at radius 1 is 0.889 bits per heavy atom. The van der Waals surface area contributed by atoms with Crippen LogP contribution in [0.3, 0.4) is 0 Å². The van der Waals surface area contributed by atoms with Crippen molar-refractivity contribution in [1.29, 1.82) is 0 Å². The highest BCUT2D eigenvalue weighted by Gasteiger charge is 2.13. The van der Waals surface area contributed by atoms with Crippen molar-refractivity contribution in [3.8, 4) is 0 Å². The fourth-order valence-corrected chi connectivity index (χ4v) is 2.09. The van der Waals surface area contributed by atoms with E-state index in [-0.39, 0.29) is 6.04 Å². The molecule has 0 fully saturated rings. The van der Waals surface area contributed by atoms with Crippen molar-refractivity contribution < 1.29 is 4.42 Å². The first-order valence-electron chi connectivity index (χ1n) is 6.45. The summed E-state index contributed by atoms with van der Waals surface area (Å²) in [5.41, 5.74) is 2.59. The van der Waals surface area contributed by atoms with E-state index in [4.69, 9.17) is 4.42 Å². The summed E-state index contributed by atoms with van der Waals surface area (Å²) in [6.45, 7) is 8.38. The van der Waals surface area contributed by atoms with E-state index in [1.165, 1.54) is 11.1 Å². The highest BCUT2D eigenvalue weighted by molar-refractivity contribution is 5.24. The van der Waals surface area contributed by atoms with E-state index >= 15 is 0 Å². The van der Waals surface area contributed by atoms with Gasteiger partial charge in [0.1, 0.15) is 11.5 Å². The van der Waals surface area contributed by atoms with E-state index in [1.807, 2.05) is 19.1 Å². The fourth-order valence-electron chi connectivity index (χ4n) is 2.09. The molecular formula is C16H21NO. The van der Waals surface area contributed by atoms with E-state index < -0.39 is 0 Å². The van der Waals surface area contributed by atoms with Crippen LogP contribution in [0.15, 0.2) is 40.8 Å². The third-order valence-corrected chi connectivity index (χ3v) is 3.27. The van der Waals surface area contributed by atoms with Gasteiger partial charge < -0.3 is 9.73 Å². The monoisotopic (exact) mass is 243 g/mol. The molecule has 0 bridgehead atoms. The molecule has 0 aliphatic rings. The zero-order valence-electron chi connectivity index (χ0n) is 11.5. The largest absolute Gasteiger partial charge is 0.465 e. The predicted molar refractivity (Wildman–Crippen MR) is 74.6 cm³/mol. The van der Waals surface area contributed by atoms with Crippen LogP contribution >= 0.6 is 0 Å². The highest BCUT2D eigenvalue weighted by atomic mass is 16.3. The Bertz CT molecular complexity index is 498. The van der Waals surface area contributed by atoms with Crippen LogP contribution in [0.2, 0.25) is 0 Å². The molecule has 1 aromatic heterocycles. The molecule has 18 heavy (non-hydrogen) atoms. The van der Waals surface area contributed by atoms with Gasteiger partial charge in [-0.2, -0.15) is 0 Å². The molecular weight excluding hydrogens is 222 g/mol. The van der Waals surface area contributed by atoms with E-state index in [0.717, 1.165) is 11.5 Å². The average Bonchev–Trinajstić information content (AvgIpc) is 2.76. The molecule has 0 saturated heterocycles. The van der Waals surface area contributed by atoms with Crippen molar-refractivity contribution in [3.05, 3.63) is 59.0 Å². The second-order valence-electron chi connectivity index (χ2n) is 4.97. The molecule has 1 N–H and O–H groups in total. The van der Waals surface area contributed by atoms with Crippen LogP contribution in [0, 0.1) is 13.8 Å². The van der Waals surface area contributed by atoms with Crippen LogP contribution in [-0.2, 0) is 0 Å². The minimum Gasteiger partial charge on any atom is -0.465 e. The fraction of sp³-hybridized carbons (Fsp3) is 0.375. The normalized spacial score (nSPS) is 14.4. The molecule has 0 amide bonds. The molecule has 2 rings (SSSR count). The zero-order valence-corrected chi connectivity index (χ0v) is 11.5. The summed E-state index contributed by atoms with van der Waals surface area (Å²) in [4.78, 5) is 0. The van der Waals surface area contributed by atoms with E-state index in [1.54, 1.807) is 0 Å². The van der Waals surface area contributed by atoms with Crippen molar-refractivity contribution in [2.24, 2.45) is 0 Å². The van der Waals surface area contributed by atoms with Crippen LogP contribution in [0.25, 0.3) is 0 Å². The first-order chi connectivity index (χ1) is 8.56. The standard InChI is InChI=1S/C16H21NO/c1-11-5-8-15(9-6-11)13(3)17-14(4)16-10-7-12(2)18-16/h5-10,13-14,17H,1-4H3/t13-,14?/m1/s1. The van der Waals surface area contributed by atoms with Gasteiger partial charge in [0, 0.05) is 6.04 Å². The van der Waals surface area contributed by atoms with Gasteiger partial charge in [0.15, 0.2) is 0 Å². The molecule has 0 aliphatic heterocycles. The first kappa shape index (κ1) is 12.9. The third-order valence-electron chi connectivity index (χ3n) is 3.27. The maximum absolute atomic E-state index is 5.64. The van der Waals surface area contributed by atoms with Gasteiger partial charge in [0.2, 0.25) is 0 Å². The molecule has 0 spiro atoms. The number of benzene rings is 1. The smallest absolute Gasteiger partial charge is 0.120 e. The lowest BCUT2D eigenvalue weighted by atomic mass is 10.1. The van der Waals surface area contributed by atoms with Crippen LogP contribution in [0.5, 0.6) is 0 Å². The lowest BCUT2D eigenvalue weighted by Gasteiger charge is -2.19. The van der Waals surface area contributed by atoms with E-state index in [9.17, 15) is 0 Å². The maximum atomic E-state index is 5.64. The van der Waals surface area contributed by atoms with Crippen LogP contribution in [0.4, 0.5) is 0 Å². The molecule has 0 saturated carbocycles. The summed E-state index contributed by atoms with van der Waals surface area (Å²) in [7, 11) is 0. The average molecular weight is 243 g/mol. The minimum atomic E-state index is 0.218. The van der Waals surface area contributed by atoms with Gasteiger partial charge in [-0.05, 0) is 45.4 Å². The quantitative estimate of drug-likeness (QED) is 0.865. The number of nitrogens with one attached hydrogen (secondary N) is 1. The zero-order chi connectivity index (χ0) is 13.1. The Balaban J connectivity index is 2.02. The number of hydrogen-bond acceptors (Lipinski definition) is 2.